The van der Waals surface area contributed by atoms with E-state index in [0.29, 0.717) is 13.1 Å². The number of carbonyl (C=O) groups is 2. The molecule has 1 aromatic heterocycles. The van der Waals surface area contributed by atoms with Gasteiger partial charge in [-0.3, -0.25) is 9.59 Å². The van der Waals surface area contributed by atoms with Crippen molar-refractivity contribution in [1.29, 1.82) is 0 Å². The highest BCUT2D eigenvalue weighted by molar-refractivity contribution is 7.09. The first-order valence-corrected chi connectivity index (χ1v) is 9.75. The number of nitrogens with zero attached hydrogens (tertiary/aromatic N) is 1. The fourth-order valence-corrected chi connectivity index (χ4v) is 3.28. The summed E-state index contributed by atoms with van der Waals surface area (Å²) in [5, 5.41) is 4.63. The minimum Gasteiger partial charge on any atom is -0.496 e. The average molecular weight is 426 g/mol. The second-order valence-electron chi connectivity index (χ2n) is 6.63. The van der Waals surface area contributed by atoms with E-state index in [4.69, 9.17) is 10.5 Å². The Kier molecular flexibility index (Phi) is 9.99. The van der Waals surface area contributed by atoms with E-state index in [2.05, 4.69) is 5.32 Å². The van der Waals surface area contributed by atoms with Crippen molar-refractivity contribution in [2.24, 2.45) is 11.7 Å². The number of amides is 2. The molecule has 8 heteroatoms. The lowest BCUT2D eigenvalue weighted by atomic mass is 10.1. The number of rotatable bonds is 9. The zero-order valence-corrected chi connectivity index (χ0v) is 18.0. The molecule has 0 aliphatic heterocycles. The van der Waals surface area contributed by atoms with E-state index in [1.54, 1.807) is 23.3 Å². The summed E-state index contributed by atoms with van der Waals surface area (Å²) in [6.07, 6.45) is 0. The Hall–Kier alpha value is -2.09. The Balaban J connectivity index is 0.00000392. The predicted octanol–water partition coefficient (Wildman–Crippen LogP) is 2.81. The standard InChI is InChI=1S/C20H27N3O3S.ClH/c1-14(2)19(21)20(25)22-11-18(24)23(13-16-8-6-10-27-16)12-15-7-4-5-9-17(15)26-3;/h4-10,14,19H,11-13,21H2,1-3H3,(H,22,25);1H/t19-;/m0./s1. The van der Waals surface area contributed by atoms with E-state index in [9.17, 15) is 9.59 Å². The molecule has 2 rings (SSSR count). The van der Waals surface area contributed by atoms with Crippen LogP contribution in [-0.2, 0) is 22.7 Å². The second kappa shape index (κ2) is 11.7. The van der Waals surface area contributed by atoms with E-state index in [1.807, 2.05) is 55.6 Å². The van der Waals surface area contributed by atoms with Gasteiger partial charge in [0.25, 0.3) is 0 Å². The maximum Gasteiger partial charge on any atom is 0.242 e. The predicted molar refractivity (Wildman–Crippen MR) is 115 cm³/mol. The molecule has 0 fully saturated rings. The molecule has 0 spiro atoms. The van der Waals surface area contributed by atoms with Crippen LogP contribution in [0, 0.1) is 5.92 Å². The lowest BCUT2D eigenvalue weighted by molar-refractivity contribution is -0.134. The van der Waals surface area contributed by atoms with Crippen molar-refractivity contribution in [3.63, 3.8) is 0 Å². The minimum atomic E-state index is -0.627. The quantitative estimate of drug-likeness (QED) is 0.647. The first-order chi connectivity index (χ1) is 12.9. The summed E-state index contributed by atoms with van der Waals surface area (Å²) >= 11 is 1.59. The molecule has 2 aromatic rings. The van der Waals surface area contributed by atoms with Crippen molar-refractivity contribution < 1.29 is 14.3 Å². The third kappa shape index (κ3) is 6.82. The van der Waals surface area contributed by atoms with Crippen LogP contribution in [0.25, 0.3) is 0 Å². The topological polar surface area (TPSA) is 84.7 Å². The summed E-state index contributed by atoms with van der Waals surface area (Å²) < 4.78 is 5.40. The number of halogens is 1. The maximum absolute atomic E-state index is 12.8. The summed E-state index contributed by atoms with van der Waals surface area (Å²) in [6, 6.07) is 10.9. The number of thiophene rings is 1. The molecule has 3 N–H and O–H groups in total. The van der Waals surface area contributed by atoms with Crippen LogP contribution in [0.2, 0.25) is 0 Å². The molecule has 0 bridgehead atoms. The smallest absolute Gasteiger partial charge is 0.242 e. The van der Waals surface area contributed by atoms with Crippen molar-refractivity contribution in [1.82, 2.24) is 10.2 Å². The zero-order chi connectivity index (χ0) is 19.8. The normalized spacial score (nSPS) is 11.5. The number of ether oxygens (including phenoxy) is 1. The van der Waals surface area contributed by atoms with Crippen LogP contribution < -0.4 is 15.8 Å². The van der Waals surface area contributed by atoms with Crippen molar-refractivity contribution in [2.45, 2.75) is 33.0 Å². The lowest BCUT2D eigenvalue weighted by Gasteiger charge is -2.24. The van der Waals surface area contributed by atoms with Gasteiger partial charge in [-0.25, -0.2) is 0 Å². The van der Waals surface area contributed by atoms with Crippen molar-refractivity contribution in [3.05, 3.63) is 52.2 Å². The Morgan fingerprint density at radius 1 is 1.18 bits per heavy atom. The van der Waals surface area contributed by atoms with Crippen LogP contribution in [0.4, 0.5) is 0 Å². The SMILES string of the molecule is COc1ccccc1CN(Cc1cccs1)C(=O)CNC(=O)[C@@H](N)C(C)C.Cl. The summed E-state index contributed by atoms with van der Waals surface area (Å²) in [5.74, 6) is 0.258. The average Bonchev–Trinajstić information content (AvgIpc) is 3.18. The molecule has 1 atom stereocenters. The number of carbonyl (C=O) groups excluding carboxylic acids is 2. The van der Waals surface area contributed by atoms with Gasteiger partial charge in [0.1, 0.15) is 5.75 Å². The lowest BCUT2D eigenvalue weighted by Crippen LogP contribution is -2.47. The minimum absolute atomic E-state index is 0. The Morgan fingerprint density at radius 3 is 2.50 bits per heavy atom. The zero-order valence-electron chi connectivity index (χ0n) is 16.4. The van der Waals surface area contributed by atoms with Crippen LogP contribution in [0.5, 0.6) is 5.75 Å². The van der Waals surface area contributed by atoms with E-state index in [1.165, 1.54) is 0 Å². The Bertz CT molecular complexity index is 753. The van der Waals surface area contributed by atoms with Gasteiger partial charge in [-0.1, -0.05) is 38.1 Å². The molecule has 0 unspecified atom stereocenters. The van der Waals surface area contributed by atoms with Crippen molar-refractivity contribution in [3.8, 4) is 5.75 Å². The van der Waals surface area contributed by atoms with Gasteiger partial charge >= 0.3 is 0 Å². The molecular formula is C20H28ClN3O3S. The highest BCUT2D eigenvalue weighted by atomic mass is 35.5. The van der Waals surface area contributed by atoms with Crippen LogP contribution in [0.15, 0.2) is 41.8 Å². The molecule has 0 radical (unpaired) electrons. The summed E-state index contributed by atoms with van der Waals surface area (Å²) in [5.41, 5.74) is 6.75. The molecule has 154 valence electrons. The van der Waals surface area contributed by atoms with Crippen LogP contribution in [-0.4, -0.2) is 36.4 Å². The third-order valence-corrected chi connectivity index (χ3v) is 5.13. The van der Waals surface area contributed by atoms with Gasteiger partial charge in [-0.2, -0.15) is 0 Å². The van der Waals surface area contributed by atoms with Gasteiger partial charge < -0.3 is 20.7 Å². The molecule has 1 aromatic carbocycles. The number of nitrogens with one attached hydrogen (secondary N) is 1. The van der Waals surface area contributed by atoms with Gasteiger partial charge in [-0.15, -0.1) is 23.7 Å². The van der Waals surface area contributed by atoms with E-state index >= 15 is 0 Å². The third-order valence-electron chi connectivity index (χ3n) is 4.27. The van der Waals surface area contributed by atoms with Crippen LogP contribution in [0.3, 0.4) is 0 Å². The molecule has 0 aliphatic carbocycles. The monoisotopic (exact) mass is 425 g/mol. The summed E-state index contributed by atoms with van der Waals surface area (Å²) in [7, 11) is 1.61. The van der Waals surface area contributed by atoms with Gasteiger partial charge in [0.15, 0.2) is 0 Å². The van der Waals surface area contributed by atoms with Gasteiger partial charge in [0.2, 0.25) is 11.8 Å². The number of hydrogen-bond donors (Lipinski definition) is 2. The fraction of sp³-hybridized carbons (Fsp3) is 0.400. The Labute approximate surface area is 176 Å². The summed E-state index contributed by atoms with van der Waals surface area (Å²) in [4.78, 5) is 27.7. The van der Waals surface area contributed by atoms with E-state index < -0.39 is 6.04 Å². The van der Waals surface area contributed by atoms with Crippen molar-refractivity contribution in [2.75, 3.05) is 13.7 Å². The highest BCUT2D eigenvalue weighted by Gasteiger charge is 2.21. The molecular weight excluding hydrogens is 398 g/mol. The van der Waals surface area contributed by atoms with Gasteiger partial charge in [0, 0.05) is 17.0 Å². The fourth-order valence-electron chi connectivity index (χ4n) is 2.56. The molecule has 0 saturated carbocycles. The number of benzene rings is 1. The largest absolute Gasteiger partial charge is 0.496 e. The highest BCUT2D eigenvalue weighted by Crippen LogP contribution is 2.21. The first-order valence-electron chi connectivity index (χ1n) is 8.87. The van der Waals surface area contributed by atoms with Crippen LogP contribution >= 0.6 is 23.7 Å². The number of nitrogens with two attached hydrogens (primary N) is 1. The molecule has 6 nitrogen and oxygen atoms in total. The number of hydrogen-bond acceptors (Lipinski definition) is 5. The molecule has 0 aliphatic rings. The van der Waals surface area contributed by atoms with Crippen LogP contribution in [0.1, 0.15) is 24.3 Å². The van der Waals surface area contributed by atoms with E-state index in [-0.39, 0.29) is 36.7 Å². The number of para-hydroxylation sites is 1. The maximum atomic E-state index is 12.8. The first kappa shape index (κ1) is 23.9. The Morgan fingerprint density at radius 2 is 1.89 bits per heavy atom. The molecule has 0 saturated heterocycles. The van der Waals surface area contributed by atoms with E-state index in [0.717, 1.165) is 16.2 Å². The molecule has 28 heavy (non-hydrogen) atoms. The van der Waals surface area contributed by atoms with Crippen molar-refractivity contribution >= 4 is 35.6 Å². The summed E-state index contributed by atoms with van der Waals surface area (Å²) in [6.45, 7) is 4.53. The molecule has 1 heterocycles. The van der Waals surface area contributed by atoms with Gasteiger partial charge in [0.05, 0.1) is 26.2 Å². The molecule has 2 amide bonds. The number of methoxy groups -OCH3 is 1. The van der Waals surface area contributed by atoms with Gasteiger partial charge in [-0.05, 0) is 23.4 Å². The second-order valence-corrected chi connectivity index (χ2v) is 7.66.